The van der Waals surface area contributed by atoms with Crippen LogP contribution >= 0.6 is 0 Å². The molecule has 0 radical (unpaired) electrons. The topological polar surface area (TPSA) is 90.3 Å². The van der Waals surface area contributed by atoms with Gasteiger partial charge in [-0.25, -0.2) is 13.2 Å². The summed E-state index contributed by atoms with van der Waals surface area (Å²) >= 11 is 0. The molecule has 2 rings (SSSR count). The van der Waals surface area contributed by atoms with Crippen LogP contribution in [0.2, 0.25) is 0 Å². The number of esters is 1. The van der Waals surface area contributed by atoms with E-state index < -0.39 is 16.0 Å². The van der Waals surface area contributed by atoms with E-state index in [1.807, 2.05) is 0 Å². The first-order chi connectivity index (χ1) is 9.42. The number of benzene rings is 1. The van der Waals surface area contributed by atoms with Crippen LogP contribution in [0.5, 0.6) is 0 Å². The van der Waals surface area contributed by atoms with Crippen LogP contribution in [0.1, 0.15) is 10.4 Å². The Morgan fingerprint density at radius 2 is 1.95 bits per heavy atom. The molecule has 0 unspecified atom stereocenters. The number of sulfonamides is 1. The van der Waals surface area contributed by atoms with Gasteiger partial charge in [0.2, 0.25) is 0 Å². The van der Waals surface area contributed by atoms with Crippen LogP contribution < -0.4 is 4.72 Å². The van der Waals surface area contributed by atoms with E-state index in [0.29, 0.717) is 11.3 Å². The van der Waals surface area contributed by atoms with E-state index in [9.17, 15) is 13.2 Å². The Balaban J connectivity index is 2.20. The van der Waals surface area contributed by atoms with Crippen molar-refractivity contribution in [2.24, 2.45) is 7.05 Å². The number of hydrogen-bond donors (Lipinski definition) is 1. The molecule has 1 N–H and O–H groups in total. The monoisotopic (exact) mass is 295 g/mol. The van der Waals surface area contributed by atoms with E-state index >= 15 is 0 Å². The molecule has 0 bridgehead atoms. The maximum absolute atomic E-state index is 12.0. The third kappa shape index (κ3) is 2.97. The van der Waals surface area contributed by atoms with Crippen LogP contribution in [-0.2, 0) is 21.8 Å². The highest BCUT2D eigenvalue weighted by Crippen LogP contribution is 2.16. The molecule has 8 heteroatoms. The summed E-state index contributed by atoms with van der Waals surface area (Å²) in [5.41, 5.74) is 0.693. The van der Waals surface area contributed by atoms with E-state index in [0.717, 1.165) is 0 Å². The summed E-state index contributed by atoms with van der Waals surface area (Å²) in [6.45, 7) is 0. The molecule has 0 saturated carbocycles. The highest BCUT2D eigenvalue weighted by atomic mass is 32.2. The highest BCUT2D eigenvalue weighted by molar-refractivity contribution is 7.92. The molecule has 1 aromatic carbocycles. The van der Waals surface area contributed by atoms with Crippen molar-refractivity contribution in [1.29, 1.82) is 0 Å². The zero-order chi connectivity index (χ0) is 14.8. The molecule has 1 heterocycles. The molecule has 0 atom stereocenters. The predicted octanol–water partition coefficient (Wildman–Crippen LogP) is 1.01. The number of hydrogen-bond acceptors (Lipinski definition) is 5. The zero-order valence-corrected chi connectivity index (χ0v) is 11.7. The predicted molar refractivity (Wildman–Crippen MR) is 71.8 cm³/mol. The smallest absolute Gasteiger partial charge is 0.337 e. The normalized spacial score (nSPS) is 11.1. The van der Waals surface area contributed by atoms with Crippen molar-refractivity contribution in [3.8, 4) is 0 Å². The van der Waals surface area contributed by atoms with Crippen molar-refractivity contribution >= 4 is 21.7 Å². The number of carbonyl (C=O) groups is 1. The highest BCUT2D eigenvalue weighted by Gasteiger charge is 2.16. The number of nitrogens with zero attached hydrogens (tertiary/aromatic N) is 2. The number of rotatable bonds is 4. The van der Waals surface area contributed by atoms with Gasteiger partial charge in [-0.2, -0.15) is 5.10 Å². The fourth-order valence-electron chi connectivity index (χ4n) is 1.54. The number of anilines is 1. The molecule has 0 aliphatic carbocycles. The van der Waals surface area contributed by atoms with Gasteiger partial charge < -0.3 is 4.74 Å². The van der Waals surface area contributed by atoms with E-state index in [4.69, 9.17) is 0 Å². The van der Waals surface area contributed by atoms with Gasteiger partial charge in [0.05, 0.1) is 18.9 Å². The molecule has 0 amide bonds. The Hall–Kier alpha value is -2.35. The average molecular weight is 295 g/mol. The van der Waals surface area contributed by atoms with Gasteiger partial charge in [-0.3, -0.25) is 9.40 Å². The second-order valence-electron chi connectivity index (χ2n) is 4.02. The summed E-state index contributed by atoms with van der Waals surface area (Å²) in [5, 5.41) is 3.81. The second-order valence-corrected chi connectivity index (χ2v) is 5.71. The fourth-order valence-corrected chi connectivity index (χ4v) is 2.59. The van der Waals surface area contributed by atoms with Gasteiger partial charge in [0.25, 0.3) is 10.0 Å². The Bertz CT molecular complexity index is 719. The molecule has 7 nitrogen and oxygen atoms in total. The molecule has 0 saturated heterocycles. The molecule has 20 heavy (non-hydrogen) atoms. The molecule has 0 fully saturated rings. The molecular weight excluding hydrogens is 282 g/mol. The number of methoxy groups -OCH3 is 1. The maximum Gasteiger partial charge on any atom is 0.337 e. The standard InChI is InChI=1S/C12H13N3O4S/c1-15-8-11(7-13-15)20(17,18)14-10-5-3-9(4-6-10)12(16)19-2/h3-8,14H,1-2H3. The maximum atomic E-state index is 12.0. The van der Waals surface area contributed by atoms with Gasteiger partial charge in [0.15, 0.2) is 0 Å². The summed E-state index contributed by atoms with van der Waals surface area (Å²) in [6.07, 6.45) is 2.65. The second kappa shape index (κ2) is 5.33. The zero-order valence-electron chi connectivity index (χ0n) is 10.9. The SMILES string of the molecule is COC(=O)c1ccc(NS(=O)(=O)c2cnn(C)c2)cc1. The molecule has 106 valence electrons. The van der Waals surface area contributed by atoms with Gasteiger partial charge in [0, 0.05) is 18.9 Å². The number of nitrogens with one attached hydrogen (secondary N) is 1. The summed E-state index contributed by atoms with van der Waals surface area (Å²) in [7, 11) is -0.772. The van der Waals surface area contributed by atoms with Crippen LogP contribution in [-0.4, -0.2) is 31.3 Å². The lowest BCUT2D eigenvalue weighted by Gasteiger charge is -2.06. The van der Waals surface area contributed by atoms with Crippen molar-refractivity contribution in [1.82, 2.24) is 9.78 Å². The molecule has 1 aromatic heterocycles. The third-order valence-corrected chi connectivity index (χ3v) is 3.89. The Labute approximate surface area is 116 Å². The largest absolute Gasteiger partial charge is 0.465 e. The van der Waals surface area contributed by atoms with Crippen LogP contribution in [0, 0.1) is 0 Å². The first-order valence-corrected chi connectivity index (χ1v) is 7.10. The van der Waals surface area contributed by atoms with Crippen LogP contribution in [0.15, 0.2) is 41.6 Å². The van der Waals surface area contributed by atoms with Gasteiger partial charge >= 0.3 is 5.97 Å². The van der Waals surface area contributed by atoms with E-state index in [1.54, 1.807) is 7.05 Å². The van der Waals surface area contributed by atoms with Crippen LogP contribution in [0.25, 0.3) is 0 Å². The number of aryl methyl sites for hydroxylation is 1. The number of carbonyl (C=O) groups excluding carboxylic acids is 1. The van der Waals surface area contributed by atoms with Gasteiger partial charge in [-0.15, -0.1) is 0 Å². The van der Waals surface area contributed by atoms with Crippen molar-refractivity contribution in [2.45, 2.75) is 4.90 Å². The summed E-state index contributed by atoms with van der Waals surface area (Å²) in [5.74, 6) is -0.480. The Morgan fingerprint density at radius 1 is 1.30 bits per heavy atom. The van der Waals surface area contributed by atoms with Gasteiger partial charge in [-0.05, 0) is 24.3 Å². The lowest BCUT2D eigenvalue weighted by molar-refractivity contribution is 0.0601. The molecular formula is C12H13N3O4S. The average Bonchev–Trinajstić information content (AvgIpc) is 2.86. The number of ether oxygens (including phenoxy) is 1. The minimum Gasteiger partial charge on any atom is -0.465 e. The van der Waals surface area contributed by atoms with E-state index in [2.05, 4.69) is 14.6 Å². The Morgan fingerprint density at radius 3 is 2.45 bits per heavy atom. The van der Waals surface area contributed by atoms with Crippen LogP contribution in [0.3, 0.4) is 0 Å². The molecule has 0 aliphatic rings. The molecule has 2 aromatic rings. The van der Waals surface area contributed by atoms with Gasteiger partial charge in [-0.1, -0.05) is 0 Å². The summed E-state index contributed by atoms with van der Waals surface area (Å²) in [6, 6.07) is 5.93. The quantitative estimate of drug-likeness (QED) is 0.850. The lowest BCUT2D eigenvalue weighted by Crippen LogP contribution is -2.12. The minimum atomic E-state index is -3.68. The fraction of sp³-hybridized carbons (Fsp3) is 0.167. The molecule has 0 aliphatic heterocycles. The summed E-state index contributed by atoms with van der Waals surface area (Å²) < 4.78 is 32.4. The van der Waals surface area contributed by atoms with Crippen molar-refractivity contribution < 1.29 is 17.9 Å². The summed E-state index contributed by atoms with van der Waals surface area (Å²) in [4.78, 5) is 11.3. The van der Waals surface area contributed by atoms with Crippen molar-refractivity contribution in [2.75, 3.05) is 11.8 Å². The minimum absolute atomic E-state index is 0.0667. The number of aromatic nitrogens is 2. The lowest BCUT2D eigenvalue weighted by atomic mass is 10.2. The van der Waals surface area contributed by atoms with E-state index in [1.165, 1.54) is 48.5 Å². The Kier molecular flexibility index (Phi) is 3.75. The third-order valence-electron chi connectivity index (χ3n) is 2.55. The molecule has 0 spiro atoms. The first kappa shape index (κ1) is 14.1. The van der Waals surface area contributed by atoms with Crippen molar-refractivity contribution in [3.63, 3.8) is 0 Å². The van der Waals surface area contributed by atoms with Gasteiger partial charge in [0.1, 0.15) is 4.90 Å². The first-order valence-electron chi connectivity index (χ1n) is 5.62. The van der Waals surface area contributed by atoms with E-state index in [-0.39, 0.29) is 4.90 Å². The van der Waals surface area contributed by atoms with Crippen LogP contribution in [0.4, 0.5) is 5.69 Å². The van der Waals surface area contributed by atoms with Crippen molar-refractivity contribution in [3.05, 3.63) is 42.2 Å².